The van der Waals surface area contributed by atoms with E-state index in [-0.39, 0.29) is 6.61 Å². The summed E-state index contributed by atoms with van der Waals surface area (Å²) in [5, 5.41) is 8.93. The topological polar surface area (TPSA) is 48.9 Å². The molecule has 1 aromatic heterocycles. The van der Waals surface area contributed by atoms with Crippen LogP contribution in [0.5, 0.6) is 0 Å². The molecule has 1 aromatic carbocycles. The van der Waals surface area contributed by atoms with E-state index in [2.05, 4.69) is 35.9 Å². The summed E-state index contributed by atoms with van der Waals surface area (Å²) in [5.41, 5.74) is 4.31. The van der Waals surface area contributed by atoms with E-state index in [1.54, 1.807) is 6.20 Å². The normalized spacial score (nSPS) is 10.6. The van der Waals surface area contributed by atoms with Crippen LogP contribution in [0.1, 0.15) is 16.8 Å². The Morgan fingerprint density at radius 2 is 2.07 bits per heavy atom. The average Bonchev–Trinajstić information content (AvgIpc) is 2.70. The van der Waals surface area contributed by atoms with Gasteiger partial charge in [0, 0.05) is 5.56 Å². The third-order valence-corrected chi connectivity index (χ3v) is 2.58. The first-order valence-corrected chi connectivity index (χ1v) is 4.93. The Balaban J connectivity index is 2.40. The van der Waals surface area contributed by atoms with E-state index in [0.717, 1.165) is 17.1 Å². The minimum absolute atomic E-state index is 0.00214. The van der Waals surface area contributed by atoms with Gasteiger partial charge in [0.2, 0.25) is 0 Å². The van der Waals surface area contributed by atoms with Crippen LogP contribution >= 0.6 is 0 Å². The highest BCUT2D eigenvalue weighted by atomic mass is 16.3. The number of aromatic amines is 1. The van der Waals surface area contributed by atoms with Gasteiger partial charge < -0.3 is 10.1 Å². The molecule has 0 aliphatic rings. The number of rotatable bonds is 2. The molecule has 0 amide bonds. The van der Waals surface area contributed by atoms with Crippen molar-refractivity contribution >= 4 is 0 Å². The van der Waals surface area contributed by atoms with Gasteiger partial charge in [-0.2, -0.15) is 0 Å². The van der Waals surface area contributed by atoms with Crippen LogP contribution in [0.15, 0.2) is 24.4 Å². The Morgan fingerprint density at radius 3 is 2.67 bits per heavy atom. The number of nitrogens with zero attached hydrogens (tertiary/aromatic N) is 1. The second kappa shape index (κ2) is 3.87. The maximum Gasteiger partial charge on any atom is 0.137 e. The standard InChI is InChI=1S/C12H14N2O/c1-8-3-4-10(5-9(8)2)12-13-6-11(7-15)14-12/h3-6,15H,7H2,1-2H3,(H,13,14). The number of hydrogen-bond donors (Lipinski definition) is 2. The monoisotopic (exact) mass is 202 g/mol. The van der Waals surface area contributed by atoms with E-state index in [1.165, 1.54) is 11.1 Å². The molecule has 0 aliphatic carbocycles. The molecule has 0 fully saturated rings. The van der Waals surface area contributed by atoms with Gasteiger partial charge in [0.05, 0.1) is 18.5 Å². The zero-order valence-corrected chi connectivity index (χ0v) is 8.91. The largest absolute Gasteiger partial charge is 0.390 e. The highest BCUT2D eigenvalue weighted by molar-refractivity contribution is 5.57. The molecule has 0 unspecified atom stereocenters. The van der Waals surface area contributed by atoms with Crippen LogP contribution in [-0.4, -0.2) is 15.1 Å². The third kappa shape index (κ3) is 1.92. The highest BCUT2D eigenvalue weighted by Gasteiger charge is 2.03. The molecule has 3 nitrogen and oxygen atoms in total. The quantitative estimate of drug-likeness (QED) is 0.784. The third-order valence-electron chi connectivity index (χ3n) is 2.58. The number of H-pyrrole nitrogens is 1. The van der Waals surface area contributed by atoms with Gasteiger partial charge >= 0.3 is 0 Å². The first-order chi connectivity index (χ1) is 7.20. The van der Waals surface area contributed by atoms with Gasteiger partial charge in [-0.1, -0.05) is 12.1 Å². The number of aromatic nitrogens is 2. The van der Waals surface area contributed by atoms with Crippen LogP contribution in [0.2, 0.25) is 0 Å². The molecule has 0 aliphatic heterocycles. The van der Waals surface area contributed by atoms with Crippen LogP contribution in [0.4, 0.5) is 0 Å². The summed E-state index contributed by atoms with van der Waals surface area (Å²) in [6.45, 7) is 4.16. The molecule has 2 rings (SSSR count). The summed E-state index contributed by atoms with van der Waals surface area (Å²) in [6.07, 6.45) is 1.66. The second-order valence-corrected chi connectivity index (χ2v) is 3.71. The molecule has 0 saturated carbocycles. The van der Waals surface area contributed by atoms with Gasteiger partial charge in [-0.25, -0.2) is 4.98 Å². The number of benzene rings is 1. The Labute approximate surface area is 88.8 Å². The minimum Gasteiger partial charge on any atom is -0.390 e. The first-order valence-electron chi connectivity index (χ1n) is 4.93. The predicted octanol–water partition coefficient (Wildman–Crippen LogP) is 2.19. The van der Waals surface area contributed by atoms with Crippen molar-refractivity contribution in [3.05, 3.63) is 41.2 Å². The molecule has 15 heavy (non-hydrogen) atoms. The van der Waals surface area contributed by atoms with Gasteiger partial charge in [-0.15, -0.1) is 0 Å². The number of imidazole rings is 1. The van der Waals surface area contributed by atoms with E-state index in [1.807, 2.05) is 6.07 Å². The summed E-state index contributed by atoms with van der Waals surface area (Å²) in [5.74, 6) is 0.808. The zero-order valence-electron chi connectivity index (χ0n) is 8.91. The lowest BCUT2D eigenvalue weighted by molar-refractivity contribution is 0.277. The molecule has 0 atom stereocenters. The molecule has 2 aromatic rings. The average molecular weight is 202 g/mol. The molecule has 3 heteroatoms. The van der Waals surface area contributed by atoms with Gasteiger partial charge in [-0.05, 0) is 31.0 Å². The second-order valence-electron chi connectivity index (χ2n) is 3.71. The summed E-state index contributed by atoms with van der Waals surface area (Å²) >= 11 is 0. The molecule has 2 N–H and O–H groups in total. The number of nitrogens with one attached hydrogen (secondary N) is 1. The van der Waals surface area contributed by atoms with Crippen molar-refractivity contribution in [1.29, 1.82) is 0 Å². The van der Waals surface area contributed by atoms with Crippen molar-refractivity contribution in [2.45, 2.75) is 20.5 Å². The van der Waals surface area contributed by atoms with E-state index in [4.69, 9.17) is 5.11 Å². The fourth-order valence-electron chi connectivity index (χ4n) is 1.47. The van der Waals surface area contributed by atoms with Gasteiger partial charge in [0.1, 0.15) is 5.82 Å². The number of aryl methyl sites for hydroxylation is 2. The van der Waals surface area contributed by atoms with E-state index < -0.39 is 0 Å². The zero-order chi connectivity index (χ0) is 10.8. The number of hydrogen-bond acceptors (Lipinski definition) is 2. The number of aliphatic hydroxyl groups is 1. The summed E-state index contributed by atoms with van der Waals surface area (Å²) < 4.78 is 0. The Bertz CT molecular complexity index is 474. The van der Waals surface area contributed by atoms with Gasteiger partial charge in [-0.3, -0.25) is 0 Å². The van der Waals surface area contributed by atoms with Gasteiger partial charge in [0.15, 0.2) is 0 Å². The van der Waals surface area contributed by atoms with Crippen LogP contribution in [0.25, 0.3) is 11.4 Å². The lowest BCUT2D eigenvalue weighted by Gasteiger charge is -2.02. The molecule has 1 heterocycles. The summed E-state index contributed by atoms with van der Waals surface area (Å²) in [4.78, 5) is 7.28. The SMILES string of the molecule is Cc1ccc(-c2ncc(CO)[nH]2)cc1C. The van der Waals surface area contributed by atoms with Crippen LogP contribution in [0, 0.1) is 13.8 Å². The fourth-order valence-corrected chi connectivity index (χ4v) is 1.47. The van der Waals surface area contributed by atoms with E-state index >= 15 is 0 Å². The molecular weight excluding hydrogens is 188 g/mol. The number of aliphatic hydroxyl groups excluding tert-OH is 1. The molecule has 0 bridgehead atoms. The molecule has 78 valence electrons. The van der Waals surface area contributed by atoms with Crippen LogP contribution in [0.3, 0.4) is 0 Å². The highest BCUT2D eigenvalue weighted by Crippen LogP contribution is 2.19. The Kier molecular flexibility index (Phi) is 2.56. The van der Waals surface area contributed by atoms with Crippen molar-refractivity contribution in [3.63, 3.8) is 0 Å². The maximum atomic E-state index is 8.93. The van der Waals surface area contributed by atoms with Gasteiger partial charge in [0.25, 0.3) is 0 Å². The summed E-state index contributed by atoms with van der Waals surface area (Å²) in [6, 6.07) is 6.20. The predicted molar refractivity (Wildman–Crippen MR) is 59.4 cm³/mol. The molecule has 0 spiro atoms. The molecular formula is C12H14N2O. The minimum atomic E-state index is -0.00214. The smallest absolute Gasteiger partial charge is 0.137 e. The van der Waals surface area contributed by atoms with Crippen molar-refractivity contribution in [2.75, 3.05) is 0 Å². The molecule has 0 saturated heterocycles. The Morgan fingerprint density at radius 1 is 1.27 bits per heavy atom. The lowest BCUT2D eigenvalue weighted by Crippen LogP contribution is -1.86. The Hall–Kier alpha value is -1.61. The van der Waals surface area contributed by atoms with Crippen LogP contribution < -0.4 is 0 Å². The van der Waals surface area contributed by atoms with Crippen LogP contribution in [-0.2, 0) is 6.61 Å². The van der Waals surface area contributed by atoms with Crippen molar-refractivity contribution in [2.24, 2.45) is 0 Å². The fraction of sp³-hybridized carbons (Fsp3) is 0.250. The van der Waals surface area contributed by atoms with E-state index in [9.17, 15) is 0 Å². The first kappa shape index (κ1) is 9.93. The van der Waals surface area contributed by atoms with Crippen molar-refractivity contribution in [3.8, 4) is 11.4 Å². The molecule has 0 radical (unpaired) electrons. The lowest BCUT2D eigenvalue weighted by atomic mass is 10.1. The van der Waals surface area contributed by atoms with E-state index in [0.29, 0.717) is 0 Å². The van der Waals surface area contributed by atoms with Crippen molar-refractivity contribution in [1.82, 2.24) is 9.97 Å². The summed E-state index contributed by atoms with van der Waals surface area (Å²) in [7, 11) is 0. The van der Waals surface area contributed by atoms with Crippen molar-refractivity contribution < 1.29 is 5.11 Å². The maximum absolute atomic E-state index is 8.93.